The van der Waals surface area contributed by atoms with E-state index in [9.17, 15) is 24.9 Å². The zero-order valence-corrected chi connectivity index (χ0v) is 28.4. The topological polar surface area (TPSA) is 104 Å². The van der Waals surface area contributed by atoms with E-state index in [0.717, 1.165) is 56.9 Å². The van der Waals surface area contributed by atoms with Gasteiger partial charge in [0, 0.05) is 6.08 Å². The number of fused-ring (bicyclic) bond motifs is 7. The van der Waals surface area contributed by atoms with Crippen LogP contribution in [0.1, 0.15) is 112 Å². The van der Waals surface area contributed by atoms with Crippen molar-refractivity contribution >= 4 is 18.0 Å². The van der Waals surface area contributed by atoms with Crippen LogP contribution >= 0.6 is 0 Å². The van der Waals surface area contributed by atoms with Crippen LogP contribution in [0, 0.1) is 50.2 Å². The fourth-order valence-corrected chi connectivity index (χ4v) is 11.8. The normalized spacial score (nSPS) is 43.2. The SMILES string of the molecule is CC1(C)CCC2(C(=O)O)CCC3(C)C(=CCC4C5(C)CC(OC(=O)C=Cc6ccc(O)cc6)C(O)C(C)(C)C5CCC43C)C2C1. The Labute approximate surface area is 269 Å². The minimum Gasteiger partial charge on any atom is -0.508 e. The number of carbonyl (C=O) groups excluding carboxylic acids is 1. The summed E-state index contributed by atoms with van der Waals surface area (Å²) in [4.78, 5) is 26.1. The van der Waals surface area contributed by atoms with Crippen LogP contribution in [0.5, 0.6) is 5.75 Å². The number of esters is 1. The smallest absolute Gasteiger partial charge is 0.331 e. The number of hydrogen-bond acceptors (Lipinski definition) is 5. The van der Waals surface area contributed by atoms with Crippen LogP contribution in [0.15, 0.2) is 42.0 Å². The molecule has 6 heteroatoms. The number of carboxylic acid groups (broad SMARTS) is 1. The van der Waals surface area contributed by atoms with Gasteiger partial charge in [-0.2, -0.15) is 0 Å². The molecule has 4 saturated carbocycles. The third kappa shape index (κ3) is 4.74. The molecule has 5 aliphatic carbocycles. The number of carbonyl (C=O) groups is 2. The summed E-state index contributed by atoms with van der Waals surface area (Å²) < 4.78 is 6.07. The molecule has 0 amide bonds. The molecule has 0 radical (unpaired) electrons. The van der Waals surface area contributed by atoms with Gasteiger partial charge in [-0.05, 0) is 126 Å². The zero-order valence-electron chi connectivity index (χ0n) is 28.4. The fourth-order valence-electron chi connectivity index (χ4n) is 11.8. The van der Waals surface area contributed by atoms with Crippen molar-refractivity contribution in [1.29, 1.82) is 0 Å². The average Bonchev–Trinajstić information content (AvgIpc) is 2.95. The lowest BCUT2D eigenvalue weighted by atomic mass is 9.33. The Morgan fingerprint density at radius 3 is 2.22 bits per heavy atom. The van der Waals surface area contributed by atoms with Gasteiger partial charge < -0.3 is 20.1 Å². The molecule has 9 atom stereocenters. The van der Waals surface area contributed by atoms with E-state index < -0.39 is 35.0 Å². The van der Waals surface area contributed by atoms with Crippen molar-refractivity contribution in [3.8, 4) is 5.75 Å². The van der Waals surface area contributed by atoms with Crippen LogP contribution in [-0.2, 0) is 14.3 Å². The highest BCUT2D eigenvalue weighted by Crippen LogP contribution is 2.75. The summed E-state index contributed by atoms with van der Waals surface area (Å²) in [5, 5.41) is 31.9. The lowest BCUT2D eigenvalue weighted by Crippen LogP contribution is -2.67. The van der Waals surface area contributed by atoms with E-state index in [1.54, 1.807) is 30.3 Å². The summed E-state index contributed by atoms with van der Waals surface area (Å²) in [7, 11) is 0. The summed E-state index contributed by atoms with van der Waals surface area (Å²) >= 11 is 0. The van der Waals surface area contributed by atoms with Gasteiger partial charge in [-0.25, -0.2) is 4.79 Å². The molecule has 0 saturated heterocycles. The molecule has 9 unspecified atom stereocenters. The minimum absolute atomic E-state index is 0.0275. The zero-order chi connectivity index (χ0) is 32.8. The minimum atomic E-state index is -0.772. The number of carboxylic acids is 1. The van der Waals surface area contributed by atoms with Crippen LogP contribution in [-0.4, -0.2) is 39.5 Å². The molecule has 0 bridgehead atoms. The first-order chi connectivity index (χ1) is 20.9. The first-order valence-corrected chi connectivity index (χ1v) is 17.2. The van der Waals surface area contributed by atoms with Gasteiger partial charge in [-0.15, -0.1) is 0 Å². The monoisotopic (exact) mass is 618 g/mol. The predicted octanol–water partition coefficient (Wildman–Crippen LogP) is 8.17. The lowest BCUT2D eigenvalue weighted by Gasteiger charge is -2.71. The molecule has 1 aromatic carbocycles. The third-order valence-electron chi connectivity index (χ3n) is 14.6. The highest BCUT2D eigenvalue weighted by Gasteiger charge is 2.70. The number of hydrogen-bond donors (Lipinski definition) is 3. The third-order valence-corrected chi connectivity index (χ3v) is 14.6. The number of aromatic hydroxyl groups is 1. The quantitative estimate of drug-likeness (QED) is 0.179. The van der Waals surface area contributed by atoms with Crippen molar-refractivity contribution in [3.63, 3.8) is 0 Å². The summed E-state index contributed by atoms with van der Waals surface area (Å²) in [6.07, 6.45) is 12.0. The first-order valence-electron chi connectivity index (χ1n) is 17.2. The van der Waals surface area contributed by atoms with Crippen LogP contribution < -0.4 is 0 Å². The van der Waals surface area contributed by atoms with Crippen molar-refractivity contribution in [2.24, 2.45) is 50.2 Å². The number of rotatable bonds is 4. The van der Waals surface area contributed by atoms with Gasteiger partial charge in [0.05, 0.1) is 11.5 Å². The number of aliphatic hydroxyl groups excluding tert-OH is 1. The van der Waals surface area contributed by atoms with Crippen molar-refractivity contribution in [3.05, 3.63) is 47.6 Å². The second-order valence-electron chi connectivity index (χ2n) is 17.5. The van der Waals surface area contributed by atoms with Crippen LogP contribution in [0.3, 0.4) is 0 Å². The lowest BCUT2D eigenvalue weighted by molar-refractivity contribution is -0.237. The second-order valence-corrected chi connectivity index (χ2v) is 17.5. The number of benzene rings is 1. The molecule has 45 heavy (non-hydrogen) atoms. The molecule has 0 aromatic heterocycles. The highest BCUT2D eigenvalue weighted by molar-refractivity contribution is 5.87. The Kier molecular flexibility index (Phi) is 7.51. The van der Waals surface area contributed by atoms with E-state index in [1.807, 2.05) is 0 Å². The van der Waals surface area contributed by atoms with Crippen molar-refractivity contribution in [2.45, 2.75) is 118 Å². The van der Waals surface area contributed by atoms with E-state index in [0.29, 0.717) is 12.3 Å². The molecular formula is C39H54O6. The van der Waals surface area contributed by atoms with Gasteiger partial charge in [0.1, 0.15) is 11.9 Å². The average molecular weight is 619 g/mol. The standard InChI is InChI=1S/C39H54O6/c1-34(2)18-20-39(33(43)44)21-19-37(6)26(27(39)22-34)13-14-30-36(5)23-28(32(42)35(3,4)29(36)16-17-38(30,37)7)45-31(41)15-10-24-8-11-25(40)12-9-24/h8-13,15,27-30,32,40,42H,14,16-23H2,1-7H3,(H,43,44). The van der Waals surface area contributed by atoms with Gasteiger partial charge in [0.15, 0.2) is 0 Å². The maximum absolute atomic E-state index is 13.1. The van der Waals surface area contributed by atoms with Gasteiger partial charge in [0.25, 0.3) is 0 Å². The molecule has 0 heterocycles. The predicted molar refractivity (Wildman–Crippen MR) is 175 cm³/mol. The first kappa shape index (κ1) is 32.3. The van der Waals surface area contributed by atoms with E-state index in [-0.39, 0.29) is 39.2 Å². The molecule has 246 valence electrons. The fraction of sp³-hybridized carbons (Fsp3) is 0.692. The van der Waals surface area contributed by atoms with E-state index >= 15 is 0 Å². The van der Waals surface area contributed by atoms with Crippen LogP contribution in [0.25, 0.3) is 6.08 Å². The molecule has 4 fully saturated rings. The van der Waals surface area contributed by atoms with Gasteiger partial charge in [-0.1, -0.05) is 72.2 Å². The molecular weight excluding hydrogens is 564 g/mol. The van der Waals surface area contributed by atoms with Crippen LogP contribution in [0.4, 0.5) is 0 Å². The largest absolute Gasteiger partial charge is 0.508 e. The molecule has 6 nitrogen and oxygen atoms in total. The summed E-state index contributed by atoms with van der Waals surface area (Å²) in [6.45, 7) is 16.2. The van der Waals surface area contributed by atoms with E-state index in [1.165, 1.54) is 11.6 Å². The Morgan fingerprint density at radius 2 is 1.56 bits per heavy atom. The summed E-state index contributed by atoms with van der Waals surface area (Å²) in [6, 6.07) is 6.62. The van der Waals surface area contributed by atoms with Crippen LogP contribution in [0.2, 0.25) is 0 Å². The Morgan fingerprint density at radius 1 is 0.889 bits per heavy atom. The number of allylic oxidation sites excluding steroid dienone is 2. The molecule has 0 spiro atoms. The number of ether oxygens (including phenoxy) is 1. The summed E-state index contributed by atoms with van der Waals surface area (Å²) in [5.41, 5.74) is 0.921. The Balaban J connectivity index is 1.32. The Hall–Kier alpha value is -2.60. The molecule has 0 aliphatic heterocycles. The maximum Gasteiger partial charge on any atom is 0.331 e. The number of phenolic OH excluding ortho intramolecular Hbond substituents is 1. The molecule has 3 N–H and O–H groups in total. The van der Waals surface area contributed by atoms with Gasteiger partial charge in [0.2, 0.25) is 0 Å². The van der Waals surface area contributed by atoms with Crippen molar-refractivity contribution < 1.29 is 29.6 Å². The van der Waals surface area contributed by atoms with E-state index in [2.05, 4.69) is 54.5 Å². The van der Waals surface area contributed by atoms with E-state index in [4.69, 9.17) is 4.74 Å². The van der Waals surface area contributed by atoms with Crippen molar-refractivity contribution in [1.82, 2.24) is 0 Å². The number of aliphatic hydroxyl groups is 1. The van der Waals surface area contributed by atoms with Gasteiger partial charge >= 0.3 is 11.9 Å². The summed E-state index contributed by atoms with van der Waals surface area (Å²) in [5.74, 6) is -0.249. The highest BCUT2D eigenvalue weighted by atomic mass is 16.6. The van der Waals surface area contributed by atoms with Gasteiger partial charge in [-0.3, -0.25) is 4.79 Å². The Bertz CT molecular complexity index is 1420. The molecule has 6 rings (SSSR count). The molecule has 1 aromatic rings. The second kappa shape index (κ2) is 10.5. The molecule has 5 aliphatic rings. The maximum atomic E-state index is 13.1. The number of phenols is 1. The number of aliphatic carboxylic acids is 1. The van der Waals surface area contributed by atoms with Crippen molar-refractivity contribution in [2.75, 3.05) is 0 Å².